The molecule has 1 atom stereocenters. The van der Waals surface area contributed by atoms with Gasteiger partial charge in [0, 0.05) is 13.5 Å². The highest BCUT2D eigenvalue weighted by molar-refractivity contribution is 5.99. The molecular formula is C10H18N2O3. The van der Waals surface area contributed by atoms with Gasteiger partial charge in [-0.2, -0.15) is 5.48 Å². The van der Waals surface area contributed by atoms with Crippen LogP contribution in [0, 0.1) is 0 Å². The van der Waals surface area contributed by atoms with E-state index in [2.05, 4.69) is 5.48 Å². The lowest BCUT2D eigenvalue weighted by Crippen LogP contribution is -2.52. The number of nitrogens with zero attached hydrogens (tertiary/aromatic N) is 1. The van der Waals surface area contributed by atoms with Crippen LogP contribution in [0.25, 0.3) is 0 Å². The third kappa shape index (κ3) is 3.28. The Bertz CT molecular complexity index is 270. The van der Waals surface area contributed by atoms with Crippen molar-refractivity contribution < 1.29 is 14.4 Å². The SMILES string of the molecule is CN1C(=O)CCC(NOC(C)(C)C)C1=O. The number of carbonyl (C=O) groups excluding carboxylic acids is 2. The van der Waals surface area contributed by atoms with Crippen molar-refractivity contribution in [1.82, 2.24) is 10.4 Å². The van der Waals surface area contributed by atoms with E-state index in [0.717, 1.165) is 4.90 Å². The number of piperidine rings is 1. The molecule has 0 spiro atoms. The quantitative estimate of drug-likeness (QED) is 0.535. The number of hydrogen-bond donors (Lipinski definition) is 1. The summed E-state index contributed by atoms with van der Waals surface area (Å²) in [5.74, 6) is -0.357. The number of hydrogen-bond acceptors (Lipinski definition) is 4. The van der Waals surface area contributed by atoms with Crippen LogP contribution in [0.2, 0.25) is 0 Å². The van der Waals surface area contributed by atoms with Gasteiger partial charge in [0.25, 0.3) is 0 Å². The van der Waals surface area contributed by atoms with Crippen LogP contribution < -0.4 is 5.48 Å². The van der Waals surface area contributed by atoms with E-state index < -0.39 is 6.04 Å². The molecule has 0 aromatic rings. The summed E-state index contributed by atoms with van der Waals surface area (Å²) in [5, 5.41) is 0. The molecule has 5 nitrogen and oxygen atoms in total. The first-order chi connectivity index (χ1) is 6.81. The Kier molecular flexibility index (Phi) is 3.46. The number of hydroxylamine groups is 1. The standard InChI is InChI=1S/C10H18N2O3/c1-10(2,3)15-11-7-5-6-8(13)12(4)9(7)14/h7,11H,5-6H2,1-4H3. The summed E-state index contributed by atoms with van der Waals surface area (Å²) in [6.07, 6.45) is 0.880. The topological polar surface area (TPSA) is 58.6 Å². The second-order valence-electron chi connectivity index (χ2n) is 4.71. The molecule has 1 fully saturated rings. The van der Waals surface area contributed by atoms with Crippen molar-refractivity contribution in [3.8, 4) is 0 Å². The van der Waals surface area contributed by atoms with Gasteiger partial charge < -0.3 is 0 Å². The summed E-state index contributed by atoms with van der Waals surface area (Å²) in [6, 6.07) is -0.410. The second-order valence-corrected chi connectivity index (χ2v) is 4.71. The molecule has 1 saturated heterocycles. The molecule has 2 amide bonds. The monoisotopic (exact) mass is 214 g/mol. The Hall–Kier alpha value is -0.940. The number of likely N-dealkylation sites (tertiary alicyclic amines) is 1. The van der Waals surface area contributed by atoms with Crippen LogP contribution in [0.3, 0.4) is 0 Å². The van der Waals surface area contributed by atoms with E-state index in [0.29, 0.717) is 12.8 Å². The molecule has 1 heterocycles. The molecule has 1 aliphatic rings. The molecule has 0 aliphatic carbocycles. The first-order valence-corrected chi connectivity index (χ1v) is 5.05. The number of likely N-dealkylation sites (N-methyl/N-ethyl adjacent to an activating group) is 1. The van der Waals surface area contributed by atoms with Crippen LogP contribution in [0.1, 0.15) is 33.6 Å². The normalized spacial score (nSPS) is 23.5. The van der Waals surface area contributed by atoms with Gasteiger partial charge in [0.1, 0.15) is 6.04 Å². The summed E-state index contributed by atoms with van der Waals surface area (Å²) in [7, 11) is 1.50. The number of carbonyl (C=O) groups is 2. The first kappa shape index (κ1) is 12.1. The molecule has 0 aromatic carbocycles. The molecule has 0 radical (unpaired) electrons. The molecule has 1 unspecified atom stereocenters. The van der Waals surface area contributed by atoms with E-state index in [-0.39, 0.29) is 17.4 Å². The minimum Gasteiger partial charge on any atom is -0.295 e. The van der Waals surface area contributed by atoms with Crippen molar-refractivity contribution in [2.75, 3.05) is 7.05 Å². The van der Waals surface area contributed by atoms with E-state index >= 15 is 0 Å². The predicted molar refractivity (Wildman–Crippen MR) is 54.8 cm³/mol. The molecule has 1 aliphatic heterocycles. The minimum absolute atomic E-state index is 0.131. The third-order valence-corrected chi connectivity index (χ3v) is 2.16. The van der Waals surface area contributed by atoms with Crippen molar-refractivity contribution in [2.24, 2.45) is 0 Å². The van der Waals surface area contributed by atoms with E-state index in [1.54, 1.807) is 0 Å². The maximum atomic E-state index is 11.6. The van der Waals surface area contributed by atoms with E-state index in [9.17, 15) is 9.59 Å². The van der Waals surface area contributed by atoms with E-state index in [1.165, 1.54) is 7.05 Å². The van der Waals surface area contributed by atoms with Gasteiger partial charge in [-0.1, -0.05) is 0 Å². The second kappa shape index (κ2) is 4.28. The summed E-state index contributed by atoms with van der Waals surface area (Å²) < 4.78 is 0. The Balaban J connectivity index is 2.50. The van der Waals surface area contributed by atoms with Crippen LogP contribution in [0.15, 0.2) is 0 Å². The molecule has 1 rings (SSSR count). The van der Waals surface area contributed by atoms with Crippen LogP contribution in [-0.4, -0.2) is 35.4 Å². The van der Waals surface area contributed by atoms with E-state index in [1.807, 2.05) is 20.8 Å². The van der Waals surface area contributed by atoms with Gasteiger partial charge >= 0.3 is 0 Å². The lowest BCUT2D eigenvalue weighted by Gasteiger charge is -2.30. The summed E-state index contributed by atoms with van der Waals surface area (Å²) in [4.78, 5) is 29.3. The Morgan fingerprint density at radius 2 is 2.00 bits per heavy atom. The van der Waals surface area contributed by atoms with Crippen molar-refractivity contribution in [2.45, 2.75) is 45.3 Å². The number of amides is 2. The van der Waals surface area contributed by atoms with Crippen LogP contribution in [0.4, 0.5) is 0 Å². The van der Waals surface area contributed by atoms with Gasteiger partial charge in [-0.05, 0) is 27.2 Å². The maximum Gasteiger partial charge on any atom is 0.248 e. The van der Waals surface area contributed by atoms with Crippen molar-refractivity contribution >= 4 is 11.8 Å². The zero-order valence-corrected chi connectivity index (χ0v) is 9.66. The van der Waals surface area contributed by atoms with Gasteiger partial charge in [-0.25, -0.2) is 0 Å². The highest BCUT2D eigenvalue weighted by Crippen LogP contribution is 2.13. The van der Waals surface area contributed by atoms with Gasteiger partial charge in [-0.15, -0.1) is 0 Å². The minimum atomic E-state index is -0.410. The molecule has 86 valence electrons. The lowest BCUT2D eigenvalue weighted by atomic mass is 10.1. The molecular weight excluding hydrogens is 196 g/mol. The predicted octanol–water partition coefficient (Wildman–Crippen LogP) is 0.453. The highest BCUT2D eigenvalue weighted by atomic mass is 16.7. The van der Waals surface area contributed by atoms with E-state index in [4.69, 9.17) is 4.84 Å². The molecule has 5 heteroatoms. The van der Waals surface area contributed by atoms with Gasteiger partial charge in [-0.3, -0.25) is 19.3 Å². The molecule has 0 saturated carbocycles. The average molecular weight is 214 g/mol. The fourth-order valence-electron chi connectivity index (χ4n) is 1.27. The zero-order valence-electron chi connectivity index (χ0n) is 9.66. The summed E-state index contributed by atoms with van der Waals surface area (Å²) >= 11 is 0. The largest absolute Gasteiger partial charge is 0.295 e. The number of rotatable bonds is 2. The van der Waals surface area contributed by atoms with Crippen molar-refractivity contribution in [1.29, 1.82) is 0 Å². The molecule has 15 heavy (non-hydrogen) atoms. The van der Waals surface area contributed by atoms with Crippen LogP contribution in [0.5, 0.6) is 0 Å². The maximum absolute atomic E-state index is 11.6. The zero-order chi connectivity index (χ0) is 11.6. The average Bonchev–Trinajstić information content (AvgIpc) is 2.12. The van der Waals surface area contributed by atoms with Gasteiger partial charge in [0.15, 0.2) is 0 Å². The smallest absolute Gasteiger partial charge is 0.248 e. The fourth-order valence-corrected chi connectivity index (χ4v) is 1.27. The Morgan fingerprint density at radius 1 is 1.40 bits per heavy atom. The molecule has 1 N–H and O–H groups in total. The Labute approximate surface area is 89.7 Å². The molecule has 0 bridgehead atoms. The number of nitrogens with one attached hydrogen (secondary N) is 1. The van der Waals surface area contributed by atoms with Gasteiger partial charge in [0.2, 0.25) is 11.8 Å². The molecule has 0 aromatic heterocycles. The lowest BCUT2D eigenvalue weighted by molar-refractivity contribution is -0.156. The van der Waals surface area contributed by atoms with Crippen LogP contribution in [-0.2, 0) is 14.4 Å². The fraction of sp³-hybridized carbons (Fsp3) is 0.800. The van der Waals surface area contributed by atoms with Crippen LogP contribution >= 0.6 is 0 Å². The van der Waals surface area contributed by atoms with Crippen molar-refractivity contribution in [3.05, 3.63) is 0 Å². The van der Waals surface area contributed by atoms with Gasteiger partial charge in [0.05, 0.1) is 5.60 Å². The summed E-state index contributed by atoms with van der Waals surface area (Å²) in [5.41, 5.74) is 2.37. The number of imide groups is 1. The Morgan fingerprint density at radius 3 is 2.53 bits per heavy atom. The van der Waals surface area contributed by atoms with Crippen molar-refractivity contribution in [3.63, 3.8) is 0 Å². The first-order valence-electron chi connectivity index (χ1n) is 5.05. The third-order valence-electron chi connectivity index (χ3n) is 2.16. The summed E-state index contributed by atoms with van der Waals surface area (Å²) in [6.45, 7) is 5.67. The highest BCUT2D eigenvalue weighted by Gasteiger charge is 2.32.